The van der Waals surface area contributed by atoms with Crippen molar-refractivity contribution in [2.45, 2.75) is 32.7 Å². The summed E-state index contributed by atoms with van der Waals surface area (Å²) in [6.45, 7) is 7.19. The van der Waals surface area contributed by atoms with Gasteiger partial charge in [0, 0.05) is 6.42 Å². The van der Waals surface area contributed by atoms with E-state index in [0.717, 1.165) is 25.9 Å². The summed E-state index contributed by atoms with van der Waals surface area (Å²) < 4.78 is 25.4. The van der Waals surface area contributed by atoms with Gasteiger partial charge < -0.3 is 4.90 Å². The van der Waals surface area contributed by atoms with Crippen molar-refractivity contribution in [1.82, 2.24) is 4.31 Å². The number of sulfonamides is 1. The van der Waals surface area contributed by atoms with Crippen molar-refractivity contribution < 1.29 is 13.3 Å². The molecule has 1 fully saturated rings. The Kier molecular flexibility index (Phi) is 5.79. The Morgan fingerprint density at radius 3 is 2.38 bits per heavy atom. The first-order chi connectivity index (χ1) is 10.0. The second-order valence-corrected chi connectivity index (χ2v) is 8.14. The van der Waals surface area contributed by atoms with Gasteiger partial charge in [0.25, 0.3) is 0 Å². The van der Waals surface area contributed by atoms with Crippen LogP contribution in [-0.4, -0.2) is 50.7 Å². The molecule has 0 amide bonds. The summed E-state index contributed by atoms with van der Waals surface area (Å²) in [5.41, 5.74) is 1.39. The predicted molar refractivity (Wildman–Crippen MR) is 86.0 cm³/mol. The van der Waals surface area contributed by atoms with Gasteiger partial charge in [-0.15, -0.1) is 0 Å². The summed E-state index contributed by atoms with van der Waals surface area (Å²) in [4.78, 5) is 1.54. The molecule has 1 N–H and O–H groups in total. The molecule has 0 saturated carbocycles. The van der Waals surface area contributed by atoms with Gasteiger partial charge in [-0.25, -0.2) is 8.42 Å². The van der Waals surface area contributed by atoms with Crippen LogP contribution in [0.15, 0.2) is 30.3 Å². The zero-order chi connectivity index (χ0) is 15.3. The van der Waals surface area contributed by atoms with Gasteiger partial charge in [0.15, 0.2) is 0 Å². The first kappa shape index (κ1) is 16.5. The summed E-state index contributed by atoms with van der Waals surface area (Å²) >= 11 is 0. The number of quaternary nitrogens is 1. The van der Waals surface area contributed by atoms with E-state index in [1.165, 1.54) is 10.5 Å². The van der Waals surface area contributed by atoms with Crippen LogP contribution in [0.3, 0.4) is 0 Å². The van der Waals surface area contributed by atoms with E-state index < -0.39 is 10.0 Å². The molecule has 1 aromatic carbocycles. The standard InChI is InChI=1S/C16H26N2O2S/c1-3-21(19,20)18-13-11-17(12-14-18)15(2)9-10-16-7-5-4-6-8-16/h4-8,15H,3,9-14H2,1-2H3/p+1. The molecule has 0 aliphatic carbocycles. The van der Waals surface area contributed by atoms with Gasteiger partial charge in [0.1, 0.15) is 0 Å². The third-order valence-electron chi connectivity index (χ3n) is 4.53. The van der Waals surface area contributed by atoms with Crippen molar-refractivity contribution in [1.29, 1.82) is 0 Å². The summed E-state index contributed by atoms with van der Waals surface area (Å²) in [6.07, 6.45) is 2.25. The molecule has 0 aromatic heterocycles. The molecular formula is C16H27N2O2S+. The summed E-state index contributed by atoms with van der Waals surface area (Å²) in [5.74, 6) is 0.214. The number of piperazine rings is 1. The first-order valence-electron chi connectivity index (χ1n) is 7.89. The second-order valence-electron chi connectivity index (χ2n) is 5.88. The van der Waals surface area contributed by atoms with Crippen molar-refractivity contribution >= 4 is 10.0 Å². The quantitative estimate of drug-likeness (QED) is 0.834. The molecule has 1 atom stereocenters. The van der Waals surface area contributed by atoms with Gasteiger partial charge in [-0.2, -0.15) is 4.31 Å². The molecule has 2 rings (SSSR count). The van der Waals surface area contributed by atoms with E-state index in [1.54, 1.807) is 11.2 Å². The average molecular weight is 311 g/mol. The maximum atomic E-state index is 11.9. The van der Waals surface area contributed by atoms with E-state index in [-0.39, 0.29) is 5.75 Å². The first-order valence-corrected chi connectivity index (χ1v) is 9.50. The molecule has 1 aliphatic rings. The number of hydrogen-bond acceptors (Lipinski definition) is 2. The number of hydrogen-bond donors (Lipinski definition) is 1. The molecule has 21 heavy (non-hydrogen) atoms. The summed E-state index contributed by atoms with van der Waals surface area (Å²) in [5, 5.41) is 0. The Balaban J connectivity index is 1.79. The van der Waals surface area contributed by atoms with Crippen LogP contribution in [0.5, 0.6) is 0 Å². The molecule has 1 saturated heterocycles. The lowest BCUT2D eigenvalue weighted by Crippen LogP contribution is -3.18. The van der Waals surface area contributed by atoms with Gasteiger partial charge in [-0.3, -0.25) is 0 Å². The molecule has 118 valence electrons. The molecule has 4 nitrogen and oxygen atoms in total. The van der Waals surface area contributed by atoms with Gasteiger partial charge in [-0.1, -0.05) is 30.3 Å². The Morgan fingerprint density at radius 2 is 1.81 bits per heavy atom. The van der Waals surface area contributed by atoms with Crippen molar-refractivity contribution in [2.24, 2.45) is 0 Å². The lowest BCUT2D eigenvalue weighted by Gasteiger charge is -2.34. The summed E-state index contributed by atoms with van der Waals surface area (Å²) in [6, 6.07) is 11.1. The highest BCUT2D eigenvalue weighted by Gasteiger charge is 2.29. The van der Waals surface area contributed by atoms with Gasteiger partial charge in [0.2, 0.25) is 10.0 Å². The fourth-order valence-electron chi connectivity index (χ4n) is 2.96. The summed E-state index contributed by atoms with van der Waals surface area (Å²) in [7, 11) is -3.01. The van der Waals surface area contributed by atoms with E-state index in [0.29, 0.717) is 19.1 Å². The molecule has 5 heteroatoms. The van der Waals surface area contributed by atoms with Crippen LogP contribution in [0.25, 0.3) is 0 Å². The van der Waals surface area contributed by atoms with Crippen molar-refractivity contribution in [3.05, 3.63) is 35.9 Å². The van der Waals surface area contributed by atoms with Crippen molar-refractivity contribution in [2.75, 3.05) is 31.9 Å². The van der Waals surface area contributed by atoms with Gasteiger partial charge in [-0.05, 0) is 25.8 Å². The fourth-order valence-corrected chi connectivity index (χ4v) is 4.06. The van der Waals surface area contributed by atoms with Crippen LogP contribution >= 0.6 is 0 Å². The van der Waals surface area contributed by atoms with Crippen LogP contribution in [0.4, 0.5) is 0 Å². The highest BCUT2D eigenvalue weighted by molar-refractivity contribution is 7.89. The lowest BCUT2D eigenvalue weighted by atomic mass is 10.0. The lowest BCUT2D eigenvalue weighted by molar-refractivity contribution is -0.927. The van der Waals surface area contributed by atoms with Gasteiger partial charge in [0.05, 0.1) is 38.0 Å². The topological polar surface area (TPSA) is 41.8 Å². The van der Waals surface area contributed by atoms with Gasteiger partial charge >= 0.3 is 0 Å². The van der Waals surface area contributed by atoms with E-state index >= 15 is 0 Å². The molecule has 0 bridgehead atoms. The highest BCUT2D eigenvalue weighted by Crippen LogP contribution is 2.05. The Morgan fingerprint density at radius 1 is 1.19 bits per heavy atom. The average Bonchev–Trinajstić information content (AvgIpc) is 2.53. The third-order valence-corrected chi connectivity index (χ3v) is 6.41. The number of nitrogens with one attached hydrogen (secondary N) is 1. The van der Waals surface area contributed by atoms with E-state index in [4.69, 9.17) is 0 Å². The molecular weight excluding hydrogens is 284 g/mol. The fraction of sp³-hybridized carbons (Fsp3) is 0.625. The molecule has 0 spiro atoms. The molecule has 1 heterocycles. The zero-order valence-electron chi connectivity index (χ0n) is 13.1. The van der Waals surface area contributed by atoms with Crippen LogP contribution in [0, 0.1) is 0 Å². The zero-order valence-corrected chi connectivity index (χ0v) is 13.9. The largest absolute Gasteiger partial charge is 0.331 e. The SMILES string of the molecule is CCS(=O)(=O)N1CC[NH+](C(C)CCc2ccccc2)CC1. The van der Waals surface area contributed by atoms with Crippen LogP contribution in [0.1, 0.15) is 25.8 Å². The number of nitrogens with zero attached hydrogens (tertiary/aromatic N) is 1. The number of aryl methyl sites for hydroxylation is 1. The smallest absolute Gasteiger partial charge is 0.214 e. The number of rotatable bonds is 6. The Hall–Kier alpha value is -0.910. The minimum atomic E-state index is -3.01. The van der Waals surface area contributed by atoms with E-state index in [1.807, 2.05) is 6.07 Å². The predicted octanol–water partition coefficient (Wildman–Crippen LogP) is 0.558. The highest BCUT2D eigenvalue weighted by atomic mass is 32.2. The van der Waals surface area contributed by atoms with E-state index in [9.17, 15) is 8.42 Å². The monoisotopic (exact) mass is 311 g/mol. The maximum Gasteiger partial charge on any atom is 0.214 e. The molecule has 1 aliphatic heterocycles. The maximum absolute atomic E-state index is 11.9. The van der Waals surface area contributed by atoms with Crippen molar-refractivity contribution in [3.8, 4) is 0 Å². The minimum Gasteiger partial charge on any atom is -0.331 e. The number of benzene rings is 1. The molecule has 0 radical (unpaired) electrons. The minimum absolute atomic E-state index is 0.214. The second kappa shape index (κ2) is 7.38. The Bertz CT molecular complexity index is 522. The van der Waals surface area contributed by atoms with E-state index in [2.05, 4.69) is 31.2 Å². The van der Waals surface area contributed by atoms with Crippen LogP contribution < -0.4 is 4.90 Å². The normalized spacial score (nSPS) is 19.5. The van der Waals surface area contributed by atoms with Crippen LogP contribution in [0.2, 0.25) is 0 Å². The van der Waals surface area contributed by atoms with Crippen molar-refractivity contribution in [3.63, 3.8) is 0 Å². The molecule has 1 unspecified atom stereocenters. The Labute approximate surface area is 128 Å². The molecule has 1 aromatic rings. The van der Waals surface area contributed by atoms with Crippen LogP contribution in [-0.2, 0) is 16.4 Å². The third kappa shape index (κ3) is 4.53.